The molecule has 2 aromatic rings. The van der Waals surface area contributed by atoms with E-state index in [1.54, 1.807) is 0 Å². The van der Waals surface area contributed by atoms with Gasteiger partial charge in [-0.2, -0.15) is 0 Å². The van der Waals surface area contributed by atoms with Crippen LogP contribution in [0.5, 0.6) is 0 Å². The first kappa shape index (κ1) is 21.5. The van der Waals surface area contributed by atoms with Crippen LogP contribution >= 0.6 is 0 Å². The van der Waals surface area contributed by atoms with E-state index in [2.05, 4.69) is 65.7 Å². The molecule has 29 heavy (non-hydrogen) atoms. The highest BCUT2D eigenvalue weighted by Gasteiger charge is 2.10. The molecule has 1 aliphatic heterocycles. The van der Waals surface area contributed by atoms with Gasteiger partial charge in [0.1, 0.15) is 0 Å². The molecule has 0 atom stereocenters. The molecule has 3 rings (SSSR count). The number of piperidine rings is 1. The maximum Gasteiger partial charge on any atom is 0.222 e. The molecule has 0 radical (unpaired) electrons. The number of nitrogens with zero attached hydrogens (tertiary/aromatic N) is 1. The monoisotopic (exact) mass is 394 g/mol. The van der Waals surface area contributed by atoms with E-state index in [1.165, 1.54) is 49.0 Å². The second kappa shape index (κ2) is 11.7. The van der Waals surface area contributed by atoms with Crippen LogP contribution in [-0.2, 0) is 22.6 Å². The van der Waals surface area contributed by atoms with Gasteiger partial charge in [0.25, 0.3) is 0 Å². The minimum atomic E-state index is 0.0792. The predicted molar refractivity (Wildman–Crippen MR) is 118 cm³/mol. The SMILES string of the molecule is Cc1ccccc1Cc1ccc(COCCC(=O)NCCN2CCCCC2)cc1. The number of carbonyl (C=O) groups is 1. The molecule has 2 aromatic carbocycles. The Balaban J connectivity index is 1.29. The van der Waals surface area contributed by atoms with Crippen molar-refractivity contribution in [3.05, 3.63) is 70.8 Å². The third kappa shape index (κ3) is 7.64. The van der Waals surface area contributed by atoms with Gasteiger partial charge in [0.05, 0.1) is 13.2 Å². The molecule has 0 unspecified atom stereocenters. The fraction of sp³-hybridized carbons (Fsp3) is 0.480. The summed E-state index contributed by atoms with van der Waals surface area (Å²) in [6.45, 7) is 7.20. The Hall–Kier alpha value is -2.17. The van der Waals surface area contributed by atoms with Gasteiger partial charge in [-0.1, -0.05) is 55.0 Å². The number of hydrogen-bond acceptors (Lipinski definition) is 3. The molecule has 0 bridgehead atoms. The van der Waals surface area contributed by atoms with Crippen LogP contribution in [-0.4, -0.2) is 43.6 Å². The van der Waals surface area contributed by atoms with Gasteiger partial charge in [-0.15, -0.1) is 0 Å². The molecule has 1 amide bonds. The van der Waals surface area contributed by atoms with Crippen molar-refractivity contribution in [3.63, 3.8) is 0 Å². The number of rotatable bonds is 10. The molecule has 0 saturated carbocycles. The highest BCUT2D eigenvalue weighted by molar-refractivity contribution is 5.75. The van der Waals surface area contributed by atoms with Crippen LogP contribution in [0, 0.1) is 6.92 Å². The highest BCUT2D eigenvalue weighted by atomic mass is 16.5. The first-order chi connectivity index (χ1) is 14.2. The lowest BCUT2D eigenvalue weighted by atomic mass is 10.00. The number of hydrogen-bond donors (Lipinski definition) is 1. The van der Waals surface area contributed by atoms with Crippen molar-refractivity contribution in [2.24, 2.45) is 0 Å². The number of ether oxygens (including phenoxy) is 1. The largest absolute Gasteiger partial charge is 0.376 e. The Labute approximate surface area is 175 Å². The smallest absolute Gasteiger partial charge is 0.222 e. The van der Waals surface area contributed by atoms with E-state index >= 15 is 0 Å². The normalized spacial score (nSPS) is 14.7. The average molecular weight is 395 g/mol. The van der Waals surface area contributed by atoms with E-state index in [-0.39, 0.29) is 5.91 Å². The Morgan fingerprint density at radius 1 is 1.00 bits per heavy atom. The average Bonchev–Trinajstić information content (AvgIpc) is 2.75. The predicted octanol–water partition coefficient (Wildman–Crippen LogP) is 4.09. The summed E-state index contributed by atoms with van der Waals surface area (Å²) >= 11 is 0. The Bertz CT molecular complexity index is 752. The fourth-order valence-electron chi connectivity index (χ4n) is 3.76. The summed E-state index contributed by atoms with van der Waals surface area (Å²) < 4.78 is 5.69. The topological polar surface area (TPSA) is 41.6 Å². The van der Waals surface area contributed by atoms with Gasteiger partial charge < -0.3 is 15.0 Å². The molecular weight excluding hydrogens is 360 g/mol. The Morgan fingerprint density at radius 2 is 1.72 bits per heavy atom. The molecular formula is C25H34N2O2. The maximum absolute atomic E-state index is 11.9. The molecule has 1 fully saturated rings. The van der Waals surface area contributed by atoms with Crippen molar-refractivity contribution >= 4 is 5.91 Å². The van der Waals surface area contributed by atoms with Crippen molar-refractivity contribution in [2.45, 2.75) is 45.6 Å². The number of nitrogens with one attached hydrogen (secondary N) is 1. The van der Waals surface area contributed by atoms with Crippen LogP contribution in [0.1, 0.15) is 47.9 Å². The van der Waals surface area contributed by atoms with Crippen molar-refractivity contribution in [1.29, 1.82) is 0 Å². The zero-order valence-corrected chi connectivity index (χ0v) is 17.7. The van der Waals surface area contributed by atoms with Crippen molar-refractivity contribution in [2.75, 3.05) is 32.8 Å². The molecule has 1 aliphatic rings. The molecule has 1 N–H and O–H groups in total. The standard InChI is InChI=1S/C25H34N2O2/c1-21-7-3-4-8-24(21)19-22-9-11-23(12-10-22)20-29-18-13-25(28)26-14-17-27-15-5-2-6-16-27/h3-4,7-12H,2,5-6,13-20H2,1H3,(H,26,28). The van der Waals surface area contributed by atoms with E-state index in [9.17, 15) is 4.79 Å². The lowest BCUT2D eigenvalue weighted by Crippen LogP contribution is -2.37. The summed E-state index contributed by atoms with van der Waals surface area (Å²) in [6.07, 6.45) is 5.29. The molecule has 0 spiro atoms. The van der Waals surface area contributed by atoms with Gasteiger partial charge >= 0.3 is 0 Å². The third-order valence-electron chi connectivity index (χ3n) is 5.62. The van der Waals surface area contributed by atoms with Gasteiger partial charge in [-0.3, -0.25) is 4.79 Å². The van der Waals surface area contributed by atoms with Gasteiger partial charge in [0.2, 0.25) is 5.91 Å². The summed E-state index contributed by atoms with van der Waals surface area (Å²) in [5.41, 5.74) is 5.14. The number of carbonyl (C=O) groups excluding carboxylic acids is 1. The zero-order valence-electron chi connectivity index (χ0n) is 17.7. The van der Waals surface area contributed by atoms with Gasteiger partial charge in [0.15, 0.2) is 0 Å². The summed E-state index contributed by atoms with van der Waals surface area (Å²) in [5, 5.41) is 3.00. The van der Waals surface area contributed by atoms with E-state index < -0.39 is 0 Å². The molecule has 4 heteroatoms. The van der Waals surface area contributed by atoms with E-state index in [0.717, 1.165) is 25.1 Å². The minimum Gasteiger partial charge on any atom is -0.376 e. The molecule has 156 valence electrons. The number of aryl methyl sites for hydroxylation is 1. The first-order valence-corrected chi connectivity index (χ1v) is 10.9. The second-order valence-electron chi connectivity index (χ2n) is 7.97. The molecule has 4 nitrogen and oxygen atoms in total. The van der Waals surface area contributed by atoms with Crippen molar-refractivity contribution in [3.8, 4) is 0 Å². The van der Waals surface area contributed by atoms with Crippen molar-refractivity contribution < 1.29 is 9.53 Å². The highest BCUT2D eigenvalue weighted by Crippen LogP contribution is 2.14. The quantitative estimate of drug-likeness (QED) is 0.617. The summed E-state index contributed by atoms with van der Waals surface area (Å²) in [4.78, 5) is 14.4. The zero-order chi connectivity index (χ0) is 20.3. The Morgan fingerprint density at radius 3 is 2.48 bits per heavy atom. The van der Waals surface area contributed by atoms with Crippen LogP contribution < -0.4 is 5.32 Å². The van der Waals surface area contributed by atoms with Crippen LogP contribution in [0.15, 0.2) is 48.5 Å². The summed E-state index contributed by atoms with van der Waals surface area (Å²) in [7, 11) is 0. The van der Waals surface area contributed by atoms with E-state index in [0.29, 0.717) is 19.6 Å². The first-order valence-electron chi connectivity index (χ1n) is 10.9. The lowest BCUT2D eigenvalue weighted by molar-refractivity contribution is -0.122. The molecule has 1 saturated heterocycles. The van der Waals surface area contributed by atoms with Gasteiger partial charge in [-0.25, -0.2) is 0 Å². The minimum absolute atomic E-state index is 0.0792. The third-order valence-corrected chi connectivity index (χ3v) is 5.62. The Kier molecular flexibility index (Phi) is 8.72. The molecule has 0 aromatic heterocycles. The van der Waals surface area contributed by atoms with E-state index in [4.69, 9.17) is 4.74 Å². The number of likely N-dealkylation sites (tertiary alicyclic amines) is 1. The van der Waals surface area contributed by atoms with Crippen LogP contribution in [0.3, 0.4) is 0 Å². The summed E-state index contributed by atoms with van der Waals surface area (Å²) in [6, 6.07) is 17.1. The molecule has 1 heterocycles. The van der Waals surface area contributed by atoms with Gasteiger partial charge in [-0.05, 0) is 61.5 Å². The molecule has 0 aliphatic carbocycles. The number of benzene rings is 2. The van der Waals surface area contributed by atoms with Gasteiger partial charge in [0, 0.05) is 19.5 Å². The number of amides is 1. The van der Waals surface area contributed by atoms with Crippen LogP contribution in [0.2, 0.25) is 0 Å². The van der Waals surface area contributed by atoms with Crippen LogP contribution in [0.25, 0.3) is 0 Å². The summed E-state index contributed by atoms with van der Waals surface area (Å²) in [5.74, 6) is 0.0792. The van der Waals surface area contributed by atoms with E-state index in [1.807, 2.05) is 0 Å². The van der Waals surface area contributed by atoms with Crippen LogP contribution in [0.4, 0.5) is 0 Å². The maximum atomic E-state index is 11.9. The van der Waals surface area contributed by atoms with Crippen molar-refractivity contribution in [1.82, 2.24) is 10.2 Å². The second-order valence-corrected chi connectivity index (χ2v) is 7.97. The lowest BCUT2D eigenvalue weighted by Gasteiger charge is -2.26. The fourth-order valence-corrected chi connectivity index (χ4v) is 3.76.